The van der Waals surface area contributed by atoms with Crippen molar-refractivity contribution in [2.24, 2.45) is 5.92 Å². The molecule has 1 saturated heterocycles. The molecule has 0 bridgehead atoms. The molecule has 10 nitrogen and oxygen atoms in total. The van der Waals surface area contributed by atoms with Crippen molar-refractivity contribution < 1.29 is 19.8 Å². The molecular formula is C16H22N6O4. The lowest BCUT2D eigenvalue weighted by Gasteiger charge is -2.51. The summed E-state index contributed by atoms with van der Waals surface area (Å²) in [5.41, 5.74) is 0.746. The molecule has 1 fully saturated rings. The third-order valence-corrected chi connectivity index (χ3v) is 5.06. The van der Waals surface area contributed by atoms with Crippen LogP contribution in [0, 0.1) is 17.2 Å². The first-order valence-corrected chi connectivity index (χ1v) is 8.36. The van der Waals surface area contributed by atoms with Crippen LogP contribution < -0.4 is 16.0 Å². The van der Waals surface area contributed by atoms with Gasteiger partial charge in [-0.2, -0.15) is 5.26 Å². The zero-order chi connectivity index (χ0) is 19.1. The maximum atomic E-state index is 12.2. The number of amides is 3. The van der Waals surface area contributed by atoms with Crippen molar-refractivity contribution in [1.82, 2.24) is 25.8 Å². The second-order valence-electron chi connectivity index (χ2n) is 6.72. The molecule has 3 atom stereocenters. The third kappa shape index (κ3) is 2.85. The minimum Gasteiger partial charge on any atom is -0.367 e. The highest BCUT2D eigenvalue weighted by atomic mass is 16.5. The highest BCUT2D eigenvalue weighted by Crippen LogP contribution is 2.35. The number of nitrogens with zero attached hydrogens (tertiary/aromatic N) is 3. The van der Waals surface area contributed by atoms with Gasteiger partial charge in [0.05, 0.1) is 6.07 Å². The first-order chi connectivity index (χ1) is 12.3. The van der Waals surface area contributed by atoms with Gasteiger partial charge >= 0.3 is 6.03 Å². The summed E-state index contributed by atoms with van der Waals surface area (Å²) in [5, 5.41) is 38.7. The third-order valence-electron chi connectivity index (χ3n) is 5.06. The second-order valence-corrected chi connectivity index (χ2v) is 6.72. The summed E-state index contributed by atoms with van der Waals surface area (Å²) in [4.78, 5) is 26.6. The Balaban J connectivity index is 1.95. The van der Waals surface area contributed by atoms with E-state index in [2.05, 4.69) is 16.0 Å². The molecule has 5 N–H and O–H groups in total. The Morgan fingerprint density at radius 2 is 2.27 bits per heavy atom. The number of rotatable bonds is 3. The van der Waals surface area contributed by atoms with E-state index >= 15 is 0 Å². The number of aliphatic hydroxyl groups is 2. The number of hydrogen-bond acceptors (Lipinski definition) is 7. The van der Waals surface area contributed by atoms with Crippen LogP contribution in [0.3, 0.4) is 0 Å². The quantitative estimate of drug-likeness (QED) is 0.392. The summed E-state index contributed by atoms with van der Waals surface area (Å²) in [6.07, 6.45) is 3.17. The van der Waals surface area contributed by atoms with Crippen LogP contribution in [0.2, 0.25) is 0 Å². The van der Waals surface area contributed by atoms with E-state index in [-0.39, 0.29) is 12.5 Å². The number of likely N-dealkylation sites (N-methyl/N-ethyl adjacent to an activating group) is 1. The van der Waals surface area contributed by atoms with Crippen molar-refractivity contribution in [3.8, 4) is 6.07 Å². The van der Waals surface area contributed by atoms with Gasteiger partial charge in [0.2, 0.25) is 5.91 Å². The molecule has 10 heteroatoms. The van der Waals surface area contributed by atoms with Gasteiger partial charge in [-0.05, 0) is 24.6 Å². The molecule has 0 radical (unpaired) electrons. The lowest BCUT2D eigenvalue weighted by atomic mass is 9.88. The van der Waals surface area contributed by atoms with Crippen LogP contribution in [-0.4, -0.2) is 63.7 Å². The molecule has 0 saturated carbocycles. The molecule has 3 heterocycles. The van der Waals surface area contributed by atoms with Crippen LogP contribution in [0.1, 0.15) is 19.8 Å². The van der Waals surface area contributed by atoms with Gasteiger partial charge in [-0.1, -0.05) is 6.92 Å². The number of hydrogen-bond donors (Lipinski definition) is 5. The molecule has 3 aliphatic rings. The Labute approximate surface area is 150 Å². The van der Waals surface area contributed by atoms with Crippen LogP contribution in [0.4, 0.5) is 4.79 Å². The van der Waals surface area contributed by atoms with Gasteiger partial charge in [-0.3, -0.25) is 15.0 Å². The Hall–Kier alpha value is -2.77. The number of likely N-dealkylation sites (tertiary alicyclic amines) is 1. The fourth-order valence-electron chi connectivity index (χ4n) is 3.84. The van der Waals surface area contributed by atoms with Crippen LogP contribution in [0.25, 0.3) is 0 Å². The summed E-state index contributed by atoms with van der Waals surface area (Å²) >= 11 is 0. The number of nitriles is 1. The molecule has 0 aliphatic carbocycles. The number of carbonyl (C=O) groups excluding carboxylic acids is 2. The summed E-state index contributed by atoms with van der Waals surface area (Å²) < 4.78 is 0. The minimum atomic E-state index is -2.48. The number of piperidine rings is 1. The summed E-state index contributed by atoms with van der Waals surface area (Å²) in [6, 6.07) is 0.427. The Morgan fingerprint density at radius 1 is 1.54 bits per heavy atom. The fraction of sp³-hybridized carbons (Fsp3) is 0.562. The number of carbonyl (C=O) groups is 2. The van der Waals surface area contributed by atoms with Crippen molar-refractivity contribution in [1.29, 1.82) is 5.26 Å². The van der Waals surface area contributed by atoms with Crippen molar-refractivity contribution in [2.75, 3.05) is 13.6 Å². The van der Waals surface area contributed by atoms with Crippen molar-refractivity contribution in [2.45, 2.75) is 37.9 Å². The molecule has 3 aliphatic heterocycles. The molecule has 0 aromatic carbocycles. The Kier molecular flexibility index (Phi) is 4.52. The van der Waals surface area contributed by atoms with Gasteiger partial charge in [0.25, 0.3) is 5.91 Å². The standard InChI is InChI=1S/C16H22N6O4/c1-9-5-8-22(11(23)3-6-17)16(25,26)12(9)21(2)14-10-4-7-18-13(10)19-15(24)20-14/h4,7,9,12-13,18,25-26H,3,5,8H2,1-2H3,(H2,19,20,24). The summed E-state index contributed by atoms with van der Waals surface area (Å²) in [6.45, 7) is 1.99. The Bertz CT molecular complexity index is 725. The van der Waals surface area contributed by atoms with E-state index in [1.54, 1.807) is 30.3 Å². The summed E-state index contributed by atoms with van der Waals surface area (Å²) in [5.74, 6) is -2.87. The van der Waals surface area contributed by atoms with E-state index in [4.69, 9.17) is 5.26 Å². The molecule has 0 aromatic rings. The molecule has 0 spiro atoms. The Morgan fingerprint density at radius 3 is 2.96 bits per heavy atom. The molecule has 3 amide bonds. The van der Waals surface area contributed by atoms with Gasteiger partial charge in [0.1, 0.15) is 24.4 Å². The number of nitrogens with one attached hydrogen (secondary N) is 3. The van der Waals surface area contributed by atoms with Gasteiger partial charge in [0, 0.05) is 19.2 Å². The lowest BCUT2D eigenvalue weighted by Crippen LogP contribution is -2.69. The molecule has 3 rings (SSSR count). The summed E-state index contributed by atoms with van der Waals surface area (Å²) in [7, 11) is 1.64. The van der Waals surface area contributed by atoms with Crippen LogP contribution >= 0.6 is 0 Å². The first kappa shape index (κ1) is 18.0. The van der Waals surface area contributed by atoms with Gasteiger partial charge in [-0.25, -0.2) is 4.79 Å². The zero-order valence-electron chi connectivity index (χ0n) is 14.6. The lowest BCUT2D eigenvalue weighted by molar-refractivity contribution is -0.305. The maximum Gasteiger partial charge on any atom is 0.322 e. The molecule has 140 valence electrons. The van der Waals surface area contributed by atoms with Crippen LogP contribution in [0.5, 0.6) is 0 Å². The van der Waals surface area contributed by atoms with Gasteiger partial charge < -0.3 is 25.7 Å². The average Bonchev–Trinajstić information content (AvgIpc) is 3.01. The molecular weight excluding hydrogens is 340 g/mol. The van der Waals surface area contributed by atoms with Crippen molar-refractivity contribution >= 4 is 11.9 Å². The van der Waals surface area contributed by atoms with Crippen LogP contribution in [0.15, 0.2) is 23.7 Å². The molecule has 0 aromatic heterocycles. The van der Waals surface area contributed by atoms with E-state index in [1.807, 2.05) is 6.92 Å². The minimum absolute atomic E-state index is 0.142. The number of fused-ring (bicyclic) bond motifs is 1. The predicted octanol–water partition coefficient (Wildman–Crippen LogP) is -1.33. The molecule has 26 heavy (non-hydrogen) atoms. The fourth-order valence-corrected chi connectivity index (χ4v) is 3.84. The van der Waals surface area contributed by atoms with Crippen molar-refractivity contribution in [3.05, 3.63) is 23.7 Å². The molecule has 3 unspecified atom stereocenters. The predicted molar refractivity (Wildman–Crippen MR) is 89.2 cm³/mol. The smallest absolute Gasteiger partial charge is 0.322 e. The monoisotopic (exact) mass is 362 g/mol. The van der Waals surface area contributed by atoms with Gasteiger partial charge in [-0.15, -0.1) is 0 Å². The SMILES string of the molecule is CC1CCN(C(=O)CC#N)C(O)(O)C1N(C)C1=C2C=CNC2NC(=O)N1. The first-order valence-electron chi connectivity index (χ1n) is 8.36. The van der Waals surface area contributed by atoms with E-state index < -0.39 is 36.5 Å². The number of urea groups is 1. The zero-order valence-corrected chi connectivity index (χ0v) is 14.6. The van der Waals surface area contributed by atoms with Crippen LogP contribution in [-0.2, 0) is 4.79 Å². The van der Waals surface area contributed by atoms with E-state index in [0.29, 0.717) is 12.2 Å². The van der Waals surface area contributed by atoms with E-state index in [0.717, 1.165) is 10.5 Å². The van der Waals surface area contributed by atoms with Crippen molar-refractivity contribution in [3.63, 3.8) is 0 Å². The average molecular weight is 362 g/mol. The van der Waals surface area contributed by atoms with E-state index in [1.165, 1.54) is 0 Å². The maximum absolute atomic E-state index is 12.2. The van der Waals surface area contributed by atoms with E-state index in [9.17, 15) is 19.8 Å². The van der Waals surface area contributed by atoms with Gasteiger partial charge in [0.15, 0.2) is 0 Å². The second kappa shape index (κ2) is 6.51. The highest BCUT2D eigenvalue weighted by Gasteiger charge is 2.52. The largest absolute Gasteiger partial charge is 0.367 e. The normalized spacial score (nSPS) is 29.3. The highest BCUT2D eigenvalue weighted by molar-refractivity contribution is 5.80. The topological polar surface area (TPSA) is 141 Å².